The summed E-state index contributed by atoms with van der Waals surface area (Å²) in [6.45, 7) is 6.40. The Morgan fingerprint density at radius 2 is 1.88 bits per heavy atom. The molecule has 0 N–H and O–H groups in total. The zero-order chi connectivity index (χ0) is 17.8. The van der Waals surface area contributed by atoms with Crippen LogP contribution >= 0.6 is 11.8 Å². The largest absolute Gasteiger partial charge is 0.545 e. The molecule has 0 aliphatic carbocycles. The van der Waals surface area contributed by atoms with E-state index in [1.807, 2.05) is 12.1 Å². The second-order valence-corrected chi connectivity index (χ2v) is 7.50. The van der Waals surface area contributed by atoms with Crippen molar-refractivity contribution in [3.05, 3.63) is 47.2 Å². The number of aromatic carboxylic acids is 1. The molecule has 0 spiro atoms. The van der Waals surface area contributed by atoms with Gasteiger partial charge in [-0.2, -0.15) is 0 Å². The van der Waals surface area contributed by atoms with Crippen LogP contribution in [0.3, 0.4) is 0 Å². The van der Waals surface area contributed by atoms with Crippen LogP contribution < -0.4 is 10.0 Å². The Labute approximate surface area is 152 Å². The molecule has 0 bridgehead atoms. The number of hydrogen-bond donors (Lipinski definition) is 0. The van der Waals surface area contributed by atoms with Crippen LogP contribution in [-0.2, 0) is 5.75 Å². The van der Waals surface area contributed by atoms with Crippen LogP contribution in [0.1, 0.15) is 54.2 Å². The fourth-order valence-electron chi connectivity index (χ4n) is 2.78. The second-order valence-electron chi connectivity index (χ2n) is 6.56. The zero-order valence-electron chi connectivity index (χ0n) is 14.6. The molecular weight excluding hydrogens is 334 g/mol. The zero-order valence-corrected chi connectivity index (χ0v) is 15.4. The summed E-state index contributed by atoms with van der Waals surface area (Å²) in [7, 11) is 0. The third-order valence-corrected chi connectivity index (χ3v) is 5.21. The smallest absolute Gasteiger partial charge is 0.190 e. The van der Waals surface area contributed by atoms with Gasteiger partial charge in [0.2, 0.25) is 0 Å². The monoisotopic (exact) mass is 356 g/mol. The molecule has 0 unspecified atom stereocenters. The molecule has 1 aromatic carbocycles. The predicted molar refractivity (Wildman–Crippen MR) is 97.9 cm³/mol. The highest BCUT2D eigenvalue weighted by atomic mass is 32.2. The average Bonchev–Trinajstić information content (AvgIpc) is 3.14. The van der Waals surface area contributed by atoms with E-state index in [4.69, 9.17) is 4.98 Å². The summed E-state index contributed by atoms with van der Waals surface area (Å²) in [6.07, 6.45) is 2.43. The molecule has 0 radical (unpaired) electrons. The van der Waals surface area contributed by atoms with Gasteiger partial charge in [-0.05, 0) is 29.9 Å². The molecular formula is C19H22N3O2S-. The Kier molecular flexibility index (Phi) is 5.58. The van der Waals surface area contributed by atoms with Gasteiger partial charge in [0.1, 0.15) is 5.82 Å². The SMILES string of the molecule is CC(C)c1cc(N2CCCC2)nc(SCc2ccc(C(=O)[O-])cc2)n1. The first-order valence-electron chi connectivity index (χ1n) is 8.60. The van der Waals surface area contributed by atoms with Crippen LogP contribution in [0.5, 0.6) is 0 Å². The lowest BCUT2D eigenvalue weighted by molar-refractivity contribution is -0.255. The normalized spacial score (nSPS) is 14.3. The quantitative estimate of drug-likeness (QED) is 0.585. The Balaban J connectivity index is 1.75. The van der Waals surface area contributed by atoms with Gasteiger partial charge in [0, 0.05) is 30.6 Å². The topological polar surface area (TPSA) is 69.2 Å². The van der Waals surface area contributed by atoms with Gasteiger partial charge in [-0.25, -0.2) is 9.97 Å². The number of carboxylic acids is 1. The van der Waals surface area contributed by atoms with Gasteiger partial charge in [-0.3, -0.25) is 0 Å². The summed E-state index contributed by atoms with van der Waals surface area (Å²) < 4.78 is 0. The third kappa shape index (κ3) is 4.51. The van der Waals surface area contributed by atoms with E-state index >= 15 is 0 Å². The second kappa shape index (κ2) is 7.87. The van der Waals surface area contributed by atoms with Crippen molar-refractivity contribution in [3.8, 4) is 0 Å². The molecule has 1 aliphatic heterocycles. The standard InChI is InChI=1S/C19H23N3O2S/c1-13(2)16-11-17(22-9-3-4-10-22)21-19(20-16)25-12-14-5-7-15(8-6-14)18(23)24/h5-8,11,13H,3-4,9-10,12H2,1-2H3,(H,23,24)/p-1. The molecule has 6 heteroatoms. The highest BCUT2D eigenvalue weighted by Crippen LogP contribution is 2.27. The number of hydrogen-bond acceptors (Lipinski definition) is 6. The van der Waals surface area contributed by atoms with Crippen LogP contribution in [0.4, 0.5) is 5.82 Å². The van der Waals surface area contributed by atoms with E-state index in [9.17, 15) is 9.90 Å². The number of thioether (sulfide) groups is 1. The molecule has 0 amide bonds. The number of carboxylic acid groups (broad SMARTS) is 1. The number of nitrogens with zero attached hydrogens (tertiary/aromatic N) is 3. The highest BCUT2D eigenvalue weighted by Gasteiger charge is 2.17. The summed E-state index contributed by atoms with van der Waals surface area (Å²) in [4.78, 5) is 22.6. The van der Waals surface area contributed by atoms with Crippen molar-refractivity contribution >= 4 is 23.5 Å². The van der Waals surface area contributed by atoms with Crippen LogP contribution in [0.15, 0.2) is 35.5 Å². The van der Waals surface area contributed by atoms with E-state index in [1.165, 1.54) is 12.8 Å². The van der Waals surface area contributed by atoms with Crippen molar-refractivity contribution in [2.75, 3.05) is 18.0 Å². The van der Waals surface area contributed by atoms with Crippen molar-refractivity contribution in [2.24, 2.45) is 0 Å². The lowest BCUT2D eigenvalue weighted by Gasteiger charge is -2.18. The van der Waals surface area contributed by atoms with Crippen molar-refractivity contribution in [1.82, 2.24) is 9.97 Å². The van der Waals surface area contributed by atoms with Gasteiger partial charge in [-0.1, -0.05) is 49.9 Å². The van der Waals surface area contributed by atoms with Crippen molar-refractivity contribution in [3.63, 3.8) is 0 Å². The Morgan fingerprint density at radius 3 is 2.48 bits per heavy atom. The van der Waals surface area contributed by atoms with Gasteiger partial charge >= 0.3 is 0 Å². The predicted octanol–water partition coefficient (Wildman–Crippen LogP) is 2.86. The molecule has 0 saturated carbocycles. The van der Waals surface area contributed by atoms with Crippen LogP contribution in [0.25, 0.3) is 0 Å². The first-order chi connectivity index (χ1) is 12.0. The van der Waals surface area contributed by atoms with Gasteiger partial charge in [0.25, 0.3) is 0 Å². The van der Waals surface area contributed by atoms with E-state index < -0.39 is 5.97 Å². The van der Waals surface area contributed by atoms with Gasteiger partial charge in [0.05, 0.1) is 5.97 Å². The molecule has 2 heterocycles. The molecule has 3 rings (SSSR count). The van der Waals surface area contributed by atoms with Crippen LogP contribution in [0.2, 0.25) is 0 Å². The number of benzene rings is 1. The first kappa shape index (κ1) is 17.7. The van der Waals surface area contributed by atoms with E-state index in [-0.39, 0.29) is 5.56 Å². The summed E-state index contributed by atoms with van der Waals surface area (Å²) in [6, 6.07) is 8.88. The Hall–Kier alpha value is -2.08. The van der Waals surface area contributed by atoms with Crippen molar-refractivity contribution < 1.29 is 9.90 Å². The summed E-state index contributed by atoms with van der Waals surface area (Å²) in [5, 5.41) is 11.6. The molecule has 1 saturated heterocycles. The number of anilines is 1. The van der Waals surface area contributed by atoms with E-state index in [0.29, 0.717) is 11.7 Å². The third-order valence-electron chi connectivity index (χ3n) is 4.29. The number of carbonyl (C=O) groups is 1. The molecule has 1 fully saturated rings. The average molecular weight is 356 g/mol. The van der Waals surface area contributed by atoms with Crippen molar-refractivity contribution in [2.45, 2.75) is 43.5 Å². The minimum absolute atomic E-state index is 0.197. The van der Waals surface area contributed by atoms with Crippen LogP contribution in [0, 0.1) is 0 Å². The first-order valence-corrected chi connectivity index (χ1v) is 9.58. The summed E-state index contributed by atoms with van der Waals surface area (Å²) in [5.74, 6) is 0.924. The fourth-order valence-corrected chi connectivity index (χ4v) is 3.60. The number of rotatable bonds is 6. The van der Waals surface area contributed by atoms with Crippen LogP contribution in [-0.4, -0.2) is 29.0 Å². The summed E-state index contributed by atoms with van der Waals surface area (Å²) >= 11 is 1.58. The van der Waals surface area contributed by atoms with Crippen molar-refractivity contribution in [1.29, 1.82) is 0 Å². The molecule has 1 aliphatic rings. The number of aromatic nitrogens is 2. The minimum Gasteiger partial charge on any atom is -0.545 e. The Bertz CT molecular complexity index is 741. The maximum absolute atomic E-state index is 10.8. The van der Waals surface area contributed by atoms with Gasteiger partial charge in [-0.15, -0.1) is 0 Å². The molecule has 1 aromatic heterocycles. The molecule has 132 valence electrons. The lowest BCUT2D eigenvalue weighted by atomic mass is 10.1. The Morgan fingerprint density at radius 1 is 1.20 bits per heavy atom. The minimum atomic E-state index is -1.15. The maximum atomic E-state index is 10.8. The molecule has 0 atom stereocenters. The molecule has 25 heavy (non-hydrogen) atoms. The van der Waals surface area contributed by atoms with E-state index in [1.54, 1.807) is 23.9 Å². The maximum Gasteiger partial charge on any atom is 0.190 e. The van der Waals surface area contributed by atoms with Gasteiger partial charge in [0.15, 0.2) is 5.16 Å². The summed E-state index contributed by atoms with van der Waals surface area (Å²) in [5.41, 5.74) is 2.30. The molecule has 5 nitrogen and oxygen atoms in total. The highest BCUT2D eigenvalue weighted by molar-refractivity contribution is 7.98. The van der Waals surface area contributed by atoms with E-state index in [0.717, 1.165) is 35.3 Å². The van der Waals surface area contributed by atoms with E-state index in [2.05, 4.69) is 29.8 Å². The fraction of sp³-hybridized carbons (Fsp3) is 0.421. The molecule has 2 aromatic rings. The number of carbonyl (C=O) groups excluding carboxylic acids is 1. The lowest BCUT2D eigenvalue weighted by Crippen LogP contribution is -2.21. The van der Waals surface area contributed by atoms with Gasteiger partial charge < -0.3 is 14.8 Å².